The lowest BCUT2D eigenvalue weighted by atomic mass is 10.5. The second kappa shape index (κ2) is 6.60. The topological polar surface area (TPSA) is 72.8 Å². The van der Waals surface area contributed by atoms with Crippen molar-refractivity contribution in [1.29, 1.82) is 0 Å². The highest BCUT2D eigenvalue weighted by Crippen LogP contribution is 1.88. The minimum atomic E-state index is -0.481. The van der Waals surface area contributed by atoms with Gasteiger partial charge in [-0.15, -0.1) is 0 Å². The SMILES string of the molecule is CC(=O)OCCC(=O)OCCO. The van der Waals surface area contributed by atoms with E-state index in [1.165, 1.54) is 6.92 Å². The Morgan fingerprint density at radius 3 is 2.42 bits per heavy atom. The summed E-state index contributed by atoms with van der Waals surface area (Å²) in [6, 6.07) is 0. The largest absolute Gasteiger partial charge is 0.465 e. The molecule has 0 bridgehead atoms. The van der Waals surface area contributed by atoms with Gasteiger partial charge in [-0.3, -0.25) is 9.59 Å². The molecule has 0 unspecified atom stereocenters. The van der Waals surface area contributed by atoms with Crippen molar-refractivity contribution in [2.24, 2.45) is 0 Å². The van der Waals surface area contributed by atoms with E-state index in [0.717, 1.165) is 0 Å². The minimum Gasteiger partial charge on any atom is -0.465 e. The Hall–Kier alpha value is -1.10. The van der Waals surface area contributed by atoms with Crippen LogP contribution in [0.15, 0.2) is 0 Å². The fourth-order valence-corrected chi connectivity index (χ4v) is 0.510. The van der Waals surface area contributed by atoms with E-state index < -0.39 is 11.9 Å². The van der Waals surface area contributed by atoms with Crippen LogP contribution in [0, 0.1) is 0 Å². The first-order valence-electron chi connectivity index (χ1n) is 3.56. The van der Waals surface area contributed by atoms with E-state index in [1.54, 1.807) is 0 Å². The second-order valence-corrected chi connectivity index (χ2v) is 2.03. The molecule has 0 aliphatic rings. The maximum absolute atomic E-state index is 10.7. The summed E-state index contributed by atoms with van der Waals surface area (Å²) in [4.78, 5) is 20.9. The van der Waals surface area contributed by atoms with E-state index in [1.807, 2.05) is 0 Å². The molecule has 0 saturated carbocycles. The van der Waals surface area contributed by atoms with Gasteiger partial charge in [0.25, 0.3) is 0 Å². The zero-order valence-electron chi connectivity index (χ0n) is 6.91. The quantitative estimate of drug-likeness (QED) is 0.570. The van der Waals surface area contributed by atoms with Crippen molar-refractivity contribution in [3.8, 4) is 0 Å². The lowest BCUT2D eigenvalue weighted by Crippen LogP contribution is -2.12. The number of ether oxygens (including phenoxy) is 2. The predicted molar refractivity (Wildman–Crippen MR) is 39.3 cm³/mol. The molecule has 1 N–H and O–H groups in total. The van der Waals surface area contributed by atoms with Gasteiger partial charge in [-0.1, -0.05) is 0 Å². The first-order chi connectivity index (χ1) is 5.66. The van der Waals surface area contributed by atoms with Crippen molar-refractivity contribution >= 4 is 11.9 Å². The van der Waals surface area contributed by atoms with Gasteiger partial charge in [0.1, 0.15) is 13.2 Å². The first kappa shape index (κ1) is 10.9. The summed E-state index contributed by atoms with van der Waals surface area (Å²) < 4.78 is 8.98. The Morgan fingerprint density at radius 1 is 1.25 bits per heavy atom. The summed E-state index contributed by atoms with van der Waals surface area (Å²) in [6.45, 7) is 1.08. The number of esters is 2. The molecule has 0 radical (unpaired) electrons. The monoisotopic (exact) mass is 176 g/mol. The molecule has 12 heavy (non-hydrogen) atoms. The molecule has 0 amide bonds. The van der Waals surface area contributed by atoms with Gasteiger partial charge in [-0.05, 0) is 0 Å². The van der Waals surface area contributed by atoms with Crippen LogP contribution in [0.5, 0.6) is 0 Å². The van der Waals surface area contributed by atoms with Gasteiger partial charge in [-0.2, -0.15) is 0 Å². The van der Waals surface area contributed by atoms with Gasteiger partial charge in [0.2, 0.25) is 0 Å². The minimum absolute atomic E-state index is 0.0150. The molecule has 0 aliphatic heterocycles. The molecule has 0 heterocycles. The van der Waals surface area contributed by atoms with Crippen molar-refractivity contribution in [1.82, 2.24) is 0 Å². The van der Waals surface area contributed by atoms with Crippen LogP contribution < -0.4 is 0 Å². The highest BCUT2D eigenvalue weighted by Gasteiger charge is 2.02. The molecular weight excluding hydrogens is 164 g/mol. The smallest absolute Gasteiger partial charge is 0.309 e. The van der Waals surface area contributed by atoms with E-state index in [9.17, 15) is 9.59 Å². The van der Waals surface area contributed by atoms with Crippen LogP contribution in [0.4, 0.5) is 0 Å². The van der Waals surface area contributed by atoms with Gasteiger partial charge in [0.05, 0.1) is 13.0 Å². The van der Waals surface area contributed by atoms with Gasteiger partial charge in [0.15, 0.2) is 0 Å². The Morgan fingerprint density at radius 2 is 1.92 bits per heavy atom. The molecule has 0 aliphatic carbocycles. The van der Waals surface area contributed by atoms with Crippen molar-refractivity contribution in [3.05, 3.63) is 0 Å². The molecule has 0 fully saturated rings. The summed E-state index contributed by atoms with van der Waals surface area (Å²) in [6.07, 6.45) is 0.0274. The molecule has 0 aromatic carbocycles. The average Bonchev–Trinajstić information content (AvgIpc) is 2.00. The number of hydrogen-bond donors (Lipinski definition) is 1. The van der Waals surface area contributed by atoms with E-state index >= 15 is 0 Å². The molecule has 0 spiro atoms. The second-order valence-electron chi connectivity index (χ2n) is 2.03. The highest BCUT2D eigenvalue weighted by molar-refractivity contribution is 5.70. The predicted octanol–water partition coefficient (Wildman–Crippen LogP) is -0.525. The summed E-state index contributed by atoms with van der Waals surface area (Å²) in [5.41, 5.74) is 0. The lowest BCUT2D eigenvalue weighted by Gasteiger charge is -2.02. The van der Waals surface area contributed by atoms with Crippen molar-refractivity contribution in [2.45, 2.75) is 13.3 Å². The van der Waals surface area contributed by atoms with Gasteiger partial charge in [0, 0.05) is 6.92 Å². The van der Waals surface area contributed by atoms with E-state index in [4.69, 9.17) is 5.11 Å². The molecule has 0 aromatic rings. The standard InChI is InChI=1S/C7H12O5/c1-6(9)11-4-2-7(10)12-5-3-8/h8H,2-5H2,1H3. The van der Waals surface area contributed by atoms with Crippen LogP contribution in [0.1, 0.15) is 13.3 Å². The molecule has 0 saturated heterocycles. The van der Waals surface area contributed by atoms with Gasteiger partial charge in [-0.25, -0.2) is 0 Å². The van der Waals surface area contributed by atoms with Crippen molar-refractivity contribution in [2.75, 3.05) is 19.8 Å². The third-order valence-corrected chi connectivity index (χ3v) is 0.966. The van der Waals surface area contributed by atoms with E-state index in [2.05, 4.69) is 9.47 Å². The van der Waals surface area contributed by atoms with E-state index in [-0.39, 0.29) is 26.2 Å². The summed E-state index contributed by atoms with van der Waals surface area (Å²) in [5.74, 6) is -0.907. The zero-order chi connectivity index (χ0) is 9.40. The average molecular weight is 176 g/mol. The third-order valence-electron chi connectivity index (χ3n) is 0.966. The van der Waals surface area contributed by atoms with Gasteiger partial charge < -0.3 is 14.6 Å². The first-order valence-corrected chi connectivity index (χ1v) is 3.56. The summed E-state index contributed by atoms with van der Waals surface area (Å²) >= 11 is 0. The number of aliphatic hydroxyl groups excluding tert-OH is 1. The Bertz CT molecular complexity index is 154. The van der Waals surface area contributed by atoms with Crippen LogP contribution >= 0.6 is 0 Å². The Kier molecular flexibility index (Phi) is 6.00. The number of rotatable bonds is 5. The number of aliphatic hydroxyl groups is 1. The maximum Gasteiger partial charge on any atom is 0.309 e. The van der Waals surface area contributed by atoms with Crippen molar-refractivity contribution in [3.63, 3.8) is 0 Å². The Balaban J connectivity index is 3.25. The van der Waals surface area contributed by atoms with Gasteiger partial charge >= 0.3 is 11.9 Å². The lowest BCUT2D eigenvalue weighted by molar-refractivity contribution is -0.148. The summed E-state index contributed by atoms with van der Waals surface area (Å²) in [5, 5.41) is 8.27. The molecule has 70 valence electrons. The molecule has 5 heteroatoms. The number of hydrogen-bond acceptors (Lipinski definition) is 5. The molecule has 0 atom stereocenters. The molecular formula is C7H12O5. The van der Waals surface area contributed by atoms with Crippen LogP contribution in [-0.2, 0) is 19.1 Å². The zero-order valence-corrected chi connectivity index (χ0v) is 6.91. The van der Waals surface area contributed by atoms with E-state index in [0.29, 0.717) is 0 Å². The Labute approximate surface area is 70.3 Å². The number of carbonyl (C=O) groups excluding carboxylic acids is 2. The van der Waals surface area contributed by atoms with Crippen LogP contribution in [0.3, 0.4) is 0 Å². The van der Waals surface area contributed by atoms with Crippen LogP contribution in [0.25, 0.3) is 0 Å². The molecule has 0 rings (SSSR count). The van der Waals surface area contributed by atoms with Crippen molar-refractivity contribution < 1.29 is 24.2 Å². The normalized spacial score (nSPS) is 9.17. The fraction of sp³-hybridized carbons (Fsp3) is 0.714. The highest BCUT2D eigenvalue weighted by atomic mass is 16.6. The van der Waals surface area contributed by atoms with Crippen LogP contribution in [-0.4, -0.2) is 36.9 Å². The maximum atomic E-state index is 10.7. The molecule has 0 aromatic heterocycles. The summed E-state index contributed by atoms with van der Waals surface area (Å²) in [7, 11) is 0. The third kappa shape index (κ3) is 7.01. The fourth-order valence-electron chi connectivity index (χ4n) is 0.510. The van der Waals surface area contributed by atoms with Crippen LogP contribution in [0.2, 0.25) is 0 Å². The number of carbonyl (C=O) groups is 2. The molecule has 5 nitrogen and oxygen atoms in total.